The summed E-state index contributed by atoms with van der Waals surface area (Å²) in [5, 5.41) is 0.385. The van der Waals surface area contributed by atoms with Crippen LogP contribution in [0.4, 0.5) is 0 Å². The molecule has 0 spiro atoms. The Hall–Kier alpha value is -2.88. The van der Waals surface area contributed by atoms with Crippen molar-refractivity contribution < 1.29 is 9.53 Å². The predicted octanol–water partition coefficient (Wildman–Crippen LogP) is 7.19. The Morgan fingerprint density at radius 1 is 0.821 bits per heavy atom. The van der Waals surface area contributed by atoms with Crippen LogP contribution in [0.15, 0.2) is 84.9 Å². The lowest BCUT2D eigenvalue weighted by Crippen LogP contribution is -2.04. The summed E-state index contributed by atoms with van der Waals surface area (Å²) in [6.45, 7) is 0. The zero-order chi connectivity index (χ0) is 19.5. The summed E-state index contributed by atoms with van der Waals surface area (Å²) >= 11 is 8.08. The Kier molecular flexibility index (Phi) is 5.29. The number of methoxy groups -OCH3 is 1. The van der Waals surface area contributed by atoms with Crippen LogP contribution >= 0.6 is 22.9 Å². The molecule has 0 fully saturated rings. The molecule has 1 aromatic heterocycles. The van der Waals surface area contributed by atoms with Crippen molar-refractivity contribution in [2.45, 2.75) is 0 Å². The largest absolute Gasteiger partial charge is 0.465 e. The number of esters is 1. The number of carbonyl (C=O) groups is 1. The van der Waals surface area contributed by atoms with E-state index in [0.29, 0.717) is 10.6 Å². The van der Waals surface area contributed by atoms with Gasteiger partial charge in [0.2, 0.25) is 0 Å². The maximum absolute atomic E-state index is 12.4. The Morgan fingerprint density at radius 3 is 2.11 bits per heavy atom. The van der Waals surface area contributed by atoms with Crippen molar-refractivity contribution in [1.82, 2.24) is 0 Å². The second-order valence-corrected chi connectivity index (χ2v) is 7.70. The summed E-state index contributed by atoms with van der Waals surface area (Å²) in [5.74, 6) is -0.438. The van der Waals surface area contributed by atoms with E-state index < -0.39 is 5.97 Å². The van der Waals surface area contributed by atoms with E-state index in [0.717, 1.165) is 32.0 Å². The van der Waals surface area contributed by atoms with Gasteiger partial charge in [-0.15, -0.1) is 11.3 Å². The highest BCUT2D eigenvalue weighted by Crippen LogP contribution is 2.45. The van der Waals surface area contributed by atoms with Crippen LogP contribution in [-0.4, -0.2) is 13.1 Å². The molecule has 0 N–H and O–H groups in total. The molecule has 138 valence electrons. The summed E-state index contributed by atoms with van der Waals surface area (Å²) in [7, 11) is 1.37. The molecule has 3 aromatic carbocycles. The molecule has 0 saturated heterocycles. The average molecular weight is 405 g/mol. The third kappa shape index (κ3) is 3.47. The fourth-order valence-electron chi connectivity index (χ4n) is 3.20. The summed E-state index contributed by atoms with van der Waals surface area (Å²) in [6.07, 6.45) is 0. The number of hydrogen-bond acceptors (Lipinski definition) is 3. The van der Waals surface area contributed by atoms with Crippen molar-refractivity contribution in [2.75, 3.05) is 7.11 Å². The van der Waals surface area contributed by atoms with Gasteiger partial charge in [-0.3, -0.25) is 0 Å². The molecule has 0 aliphatic rings. The Bertz CT molecular complexity index is 1120. The van der Waals surface area contributed by atoms with Crippen molar-refractivity contribution in [3.63, 3.8) is 0 Å². The lowest BCUT2D eigenvalue weighted by atomic mass is 9.97. The van der Waals surface area contributed by atoms with Crippen molar-refractivity contribution in [1.29, 1.82) is 0 Å². The van der Waals surface area contributed by atoms with Crippen LogP contribution in [0.5, 0.6) is 0 Å². The van der Waals surface area contributed by atoms with E-state index in [9.17, 15) is 4.79 Å². The molecule has 0 bridgehead atoms. The molecule has 2 nitrogen and oxygen atoms in total. The molecule has 4 heteroatoms. The van der Waals surface area contributed by atoms with E-state index in [4.69, 9.17) is 16.3 Å². The minimum absolute atomic E-state index is 0.385. The molecule has 0 amide bonds. The van der Waals surface area contributed by atoms with E-state index in [1.165, 1.54) is 7.11 Å². The standard InChI is InChI=1S/C24H17ClO2S/c1-27-24(26)22-18(13-8-14-20(22)25)19-15-21(16-9-4-2-5-10-16)28-23(19)17-11-6-3-7-12-17/h2-15H,1H3. The first-order valence-corrected chi connectivity index (χ1v) is 10.0. The molecular formula is C24H17ClO2S. The highest BCUT2D eigenvalue weighted by atomic mass is 35.5. The molecule has 0 unspecified atom stereocenters. The molecule has 0 aliphatic carbocycles. The van der Waals surface area contributed by atoms with Crippen LogP contribution in [0.1, 0.15) is 10.4 Å². The molecule has 4 aromatic rings. The van der Waals surface area contributed by atoms with Gasteiger partial charge < -0.3 is 4.74 Å². The van der Waals surface area contributed by atoms with Crippen molar-refractivity contribution in [3.8, 4) is 32.0 Å². The number of rotatable bonds is 4. The van der Waals surface area contributed by atoms with Gasteiger partial charge in [0.1, 0.15) is 0 Å². The SMILES string of the molecule is COC(=O)c1c(Cl)cccc1-c1cc(-c2ccccc2)sc1-c1ccccc1. The van der Waals surface area contributed by atoms with Crippen LogP contribution in [0.25, 0.3) is 32.0 Å². The summed E-state index contributed by atoms with van der Waals surface area (Å²) < 4.78 is 5.00. The number of ether oxygens (including phenoxy) is 1. The molecule has 28 heavy (non-hydrogen) atoms. The molecule has 0 aliphatic heterocycles. The molecule has 4 rings (SSSR count). The summed E-state index contributed by atoms with van der Waals surface area (Å²) in [5.41, 5.74) is 4.37. The lowest BCUT2D eigenvalue weighted by Gasteiger charge is -2.11. The topological polar surface area (TPSA) is 26.3 Å². The van der Waals surface area contributed by atoms with Gasteiger partial charge in [0.05, 0.1) is 17.7 Å². The van der Waals surface area contributed by atoms with Gasteiger partial charge in [0, 0.05) is 15.3 Å². The quantitative estimate of drug-likeness (QED) is 0.336. The minimum atomic E-state index is -0.438. The fourth-order valence-corrected chi connectivity index (χ4v) is 4.63. The molecule has 0 atom stereocenters. The number of benzene rings is 3. The van der Waals surface area contributed by atoms with Crippen molar-refractivity contribution in [2.24, 2.45) is 0 Å². The second-order valence-electron chi connectivity index (χ2n) is 6.24. The highest BCUT2D eigenvalue weighted by molar-refractivity contribution is 7.19. The van der Waals surface area contributed by atoms with Gasteiger partial charge in [-0.25, -0.2) is 4.79 Å². The number of hydrogen-bond donors (Lipinski definition) is 0. The number of carbonyl (C=O) groups excluding carboxylic acids is 1. The van der Waals surface area contributed by atoms with E-state index in [2.05, 4.69) is 30.3 Å². The Morgan fingerprint density at radius 2 is 1.46 bits per heavy atom. The zero-order valence-corrected chi connectivity index (χ0v) is 16.8. The van der Waals surface area contributed by atoms with E-state index >= 15 is 0 Å². The molecule has 0 saturated carbocycles. The van der Waals surface area contributed by atoms with E-state index in [1.807, 2.05) is 48.5 Å². The second kappa shape index (κ2) is 8.01. The smallest absolute Gasteiger partial charge is 0.340 e. The maximum atomic E-state index is 12.4. The molecular weight excluding hydrogens is 388 g/mol. The molecule has 1 heterocycles. The van der Waals surface area contributed by atoms with E-state index in [-0.39, 0.29) is 0 Å². The Labute approximate surface area is 173 Å². The molecule has 0 radical (unpaired) electrons. The third-order valence-electron chi connectivity index (χ3n) is 4.52. The van der Waals surface area contributed by atoms with Crippen LogP contribution < -0.4 is 0 Å². The van der Waals surface area contributed by atoms with Gasteiger partial charge in [0.25, 0.3) is 0 Å². The van der Waals surface area contributed by atoms with Crippen LogP contribution in [0.2, 0.25) is 5.02 Å². The van der Waals surface area contributed by atoms with Gasteiger partial charge in [-0.2, -0.15) is 0 Å². The van der Waals surface area contributed by atoms with Gasteiger partial charge in [0.15, 0.2) is 0 Å². The highest BCUT2D eigenvalue weighted by Gasteiger charge is 2.22. The number of thiophene rings is 1. The van der Waals surface area contributed by atoms with Crippen LogP contribution in [0, 0.1) is 0 Å². The van der Waals surface area contributed by atoms with E-state index in [1.54, 1.807) is 17.4 Å². The normalized spacial score (nSPS) is 10.6. The van der Waals surface area contributed by atoms with Crippen molar-refractivity contribution >= 4 is 28.9 Å². The first-order chi connectivity index (χ1) is 13.7. The average Bonchev–Trinajstić information content (AvgIpc) is 3.20. The number of halogens is 1. The zero-order valence-electron chi connectivity index (χ0n) is 15.2. The van der Waals surface area contributed by atoms with Crippen LogP contribution in [0.3, 0.4) is 0 Å². The third-order valence-corrected chi connectivity index (χ3v) is 6.07. The van der Waals surface area contributed by atoms with Crippen molar-refractivity contribution in [3.05, 3.63) is 95.5 Å². The van der Waals surface area contributed by atoms with Crippen LogP contribution in [-0.2, 0) is 4.74 Å². The predicted molar refractivity (Wildman–Crippen MR) is 117 cm³/mol. The van der Waals surface area contributed by atoms with Gasteiger partial charge in [-0.05, 0) is 28.8 Å². The monoisotopic (exact) mass is 404 g/mol. The lowest BCUT2D eigenvalue weighted by molar-refractivity contribution is 0.0602. The first kappa shape index (κ1) is 18.5. The summed E-state index contributed by atoms with van der Waals surface area (Å²) in [6, 6.07) is 28.0. The van der Waals surface area contributed by atoms with Gasteiger partial charge >= 0.3 is 5.97 Å². The maximum Gasteiger partial charge on any atom is 0.340 e. The Balaban J connectivity index is 1.98. The fraction of sp³-hybridized carbons (Fsp3) is 0.0417. The summed E-state index contributed by atoms with van der Waals surface area (Å²) in [4.78, 5) is 14.7. The minimum Gasteiger partial charge on any atom is -0.465 e. The van der Waals surface area contributed by atoms with Gasteiger partial charge in [-0.1, -0.05) is 84.4 Å². The first-order valence-electron chi connectivity index (χ1n) is 8.81.